The Hall–Kier alpha value is -5.45. The van der Waals surface area contributed by atoms with Crippen LogP contribution in [0.4, 0.5) is 11.4 Å². The number of halogens is 1. The number of carbonyl (C=O) groups excluding carboxylic acids is 5. The molecule has 3 aromatic rings. The lowest BCUT2D eigenvalue weighted by atomic mass is 9.90. The molecule has 3 aromatic carbocycles. The summed E-state index contributed by atoms with van der Waals surface area (Å²) in [7, 11) is 0. The van der Waals surface area contributed by atoms with Crippen LogP contribution in [0.5, 0.6) is 5.75 Å². The molecule has 296 valence electrons. The van der Waals surface area contributed by atoms with E-state index in [4.69, 9.17) is 16.3 Å². The lowest BCUT2D eigenvalue weighted by Crippen LogP contribution is -2.54. The van der Waals surface area contributed by atoms with E-state index < -0.39 is 29.7 Å². The van der Waals surface area contributed by atoms with Gasteiger partial charge in [0.1, 0.15) is 24.0 Å². The second kappa shape index (κ2) is 15.5. The molecule has 13 nitrogen and oxygen atoms in total. The zero-order valence-corrected chi connectivity index (χ0v) is 33.0. The molecule has 5 aliphatic rings. The van der Waals surface area contributed by atoms with Crippen LogP contribution in [0.15, 0.2) is 60.7 Å². The summed E-state index contributed by atoms with van der Waals surface area (Å²) in [6.07, 6.45) is 2.05. The van der Waals surface area contributed by atoms with Gasteiger partial charge in [-0.1, -0.05) is 25.4 Å². The summed E-state index contributed by atoms with van der Waals surface area (Å²) in [4.78, 5) is 74.1. The fraction of sp³-hybridized carbons (Fsp3) is 0.442. The third kappa shape index (κ3) is 7.68. The fourth-order valence-electron chi connectivity index (χ4n) is 8.86. The van der Waals surface area contributed by atoms with E-state index in [2.05, 4.69) is 39.9 Å². The third-order valence-electron chi connectivity index (χ3n) is 12.3. The zero-order chi connectivity index (χ0) is 40.0. The largest absolute Gasteiger partial charge is 0.488 e. The number of hydrogen-bond donors (Lipinski definition) is 1. The van der Waals surface area contributed by atoms with Crippen molar-refractivity contribution >= 4 is 52.5 Å². The highest BCUT2D eigenvalue weighted by molar-refractivity contribution is 6.31. The van der Waals surface area contributed by atoms with Crippen LogP contribution >= 0.6 is 11.6 Å². The van der Waals surface area contributed by atoms with Gasteiger partial charge in [0.05, 0.1) is 28.3 Å². The van der Waals surface area contributed by atoms with Gasteiger partial charge in [-0.3, -0.25) is 39.1 Å². The molecule has 0 bridgehead atoms. The van der Waals surface area contributed by atoms with Crippen molar-refractivity contribution in [2.24, 2.45) is 11.3 Å². The topological polar surface area (TPSA) is 147 Å². The first-order chi connectivity index (χ1) is 27.4. The number of piperidine rings is 2. The second-order valence-electron chi connectivity index (χ2n) is 16.5. The quantitative estimate of drug-likeness (QED) is 0.322. The van der Waals surface area contributed by atoms with E-state index in [9.17, 15) is 29.2 Å². The number of nitrogens with one attached hydrogen (secondary N) is 1. The van der Waals surface area contributed by atoms with Crippen LogP contribution < -0.4 is 19.9 Å². The van der Waals surface area contributed by atoms with Gasteiger partial charge in [-0.15, -0.1) is 0 Å². The predicted octanol–water partition coefficient (Wildman–Crippen LogP) is 4.58. The van der Waals surface area contributed by atoms with E-state index in [1.807, 2.05) is 35.2 Å². The molecular weight excluding hydrogens is 746 g/mol. The second-order valence-corrected chi connectivity index (χ2v) is 16.9. The van der Waals surface area contributed by atoms with E-state index >= 15 is 0 Å². The van der Waals surface area contributed by atoms with Gasteiger partial charge in [0.2, 0.25) is 11.8 Å². The Bertz CT molecular complexity index is 2150. The molecule has 8 rings (SSSR count). The van der Waals surface area contributed by atoms with Crippen molar-refractivity contribution in [2.75, 3.05) is 68.7 Å². The average molecular weight is 792 g/mol. The molecule has 57 heavy (non-hydrogen) atoms. The monoisotopic (exact) mass is 791 g/mol. The van der Waals surface area contributed by atoms with Crippen molar-refractivity contribution in [3.8, 4) is 11.8 Å². The van der Waals surface area contributed by atoms with E-state index in [1.165, 1.54) is 0 Å². The first-order valence-corrected chi connectivity index (χ1v) is 20.1. The molecule has 4 fully saturated rings. The lowest BCUT2D eigenvalue weighted by Gasteiger charge is -2.40. The van der Waals surface area contributed by atoms with Crippen molar-refractivity contribution in [1.29, 1.82) is 5.26 Å². The first kappa shape index (κ1) is 38.4. The number of benzene rings is 3. The maximum Gasteiger partial charge on any atom is 0.262 e. The van der Waals surface area contributed by atoms with Crippen LogP contribution in [0.1, 0.15) is 76.2 Å². The molecule has 14 heteroatoms. The molecule has 5 heterocycles. The van der Waals surface area contributed by atoms with Crippen LogP contribution in [0.3, 0.4) is 0 Å². The number of rotatable bonds is 8. The third-order valence-corrected chi connectivity index (χ3v) is 12.6. The van der Waals surface area contributed by atoms with Gasteiger partial charge in [-0.2, -0.15) is 5.26 Å². The number of hydrogen-bond acceptors (Lipinski definition) is 10. The number of nitrogens with zero attached hydrogens (tertiary/aromatic N) is 6. The number of imide groups is 2. The number of nitriles is 1. The van der Waals surface area contributed by atoms with Crippen LogP contribution in [0, 0.1) is 22.7 Å². The molecule has 1 unspecified atom stereocenters. The van der Waals surface area contributed by atoms with Gasteiger partial charge < -0.3 is 19.4 Å². The van der Waals surface area contributed by atoms with E-state index in [-0.39, 0.29) is 30.3 Å². The molecule has 5 aliphatic heterocycles. The highest BCUT2D eigenvalue weighted by Crippen LogP contribution is 2.36. The van der Waals surface area contributed by atoms with Gasteiger partial charge >= 0.3 is 0 Å². The molecule has 0 aromatic heterocycles. The number of anilines is 2. The molecule has 5 amide bonds. The molecule has 4 saturated heterocycles. The highest BCUT2D eigenvalue weighted by Gasteiger charge is 2.45. The summed E-state index contributed by atoms with van der Waals surface area (Å²) in [6.45, 7) is 11.7. The van der Waals surface area contributed by atoms with Crippen molar-refractivity contribution in [1.82, 2.24) is 20.0 Å². The summed E-state index contributed by atoms with van der Waals surface area (Å²) in [6, 6.07) is 19.4. The number of fused-ring (bicyclic) bond motifs is 1. The minimum absolute atomic E-state index is 0.0226. The Kier molecular flexibility index (Phi) is 10.4. The molecule has 1 N–H and O–H groups in total. The Morgan fingerprint density at radius 2 is 1.54 bits per heavy atom. The van der Waals surface area contributed by atoms with Gasteiger partial charge in [0.15, 0.2) is 0 Å². The van der Waals surface area contributed by atoms with E-state index in [0.717, 1.165) is 74.9 Å². The highest BCUT2D eigenvalue weighted by atomic mass is 35.5. The fourth-order valence-corrected chi connectivity index (χ4v) is 9.07. The summed E-state index contributed by atoms with van der Waals surface area (Å²) < 4.78 is 6.27. The van der Waals surface area contributed by atoms with E-state index in [1.54, 1.807) is 30.3 Å². The Morgan fingerprint density at radius 1 is 0.860 bits per heavy atom. The van der Waals surface area contributed by atoms with E-state index in [0.29, 0.717) is 52.0 Å². The van der Waals surface area contributed by atoms with Gasteiger partial charge in [0.25, 0.3) is 17.7 Å². The number of ether oxygens (including phenoxy) is 1. The molecule has 0 aliphatic carbocycles. The maximum absolute atomic E-state index is 13.6. The molecule has 0 radical (unpaired) electrons. The summed E-state index contributed by atoms with van der Waals surface area (Å²) in [5.41, 5.74) is 3.38. The number of carbonyl (C=O) groups is 5. The standard InChI is InChI=1S/C43H46ClN7O6/c1-43(2)26-50(25-37(43)57-32-9-5-29(23-45)35(44)22-32)40(54)28-3-6-30(7-4-28)49-19-17-47(18-20-49)24-27-13-15-48(16-14-27)31-8-10-33-34(21-31)42(56)51(41(33)55)36-11-12-38(52)46-39(36)53/h3-10,21-22,27,36-37H,11-20,24-26H2,1-2H3,(H,46,52,53)/t36?,37-/m0/s1. The van der Waals surface area contributed by atoms with Crippen molar-refractivity contribution in [2.45, 2.75) is 51.7 Å². The molecule has 0 spiro atoms. The molecule has 0 saturated carbocycles. The van der Waals surface area contributed by atoms with Crippen LogP contribution in [-0.2, 0) is 9.59 Å². The van der Waals surface area contributed by atoms with Crippen LogP contribution in [0.25, 0.3) is 0 Å². The number of piperazine rings is 1. The maximum atomic E-state index is 13.6. The van der Waals surface area contributed by atoms with Gasteiger partial charge in [-0.05, 0) is 79.8 Å². The SMILES string of the molecule is CC1(C)CN(C(=O)c2ccc(N3CCN(CC4CCN(c5ccc6c(c5)C(=O)N(C5CCC(=O)NC5=O)C6=O)CC4)CC3)cc2)C[C@@H]1Oc1ccc(C#N)c(Cl)c1. The van der Waals surface area contributed by atoms with Crippen LogP contribution in [0.2, 0.25) is 5.02 Å². The summed E-state index contributed by atoms with van der Waals surface area (Å²) in [5.74, 6) is -0.854. The number of amides is 5. The normalized spacial score (nSPS) is 22.8. The van der Waals surface area contributed by atoms with Crippen molar-refractivity contribution in [3.63, 3.8) is 0 Å². The smallest absolute Gasteiger partial charge is 0.262 e. The predicted molar refractivity (Wildman–Crippen MR) is 213 cm³/mol. The minimum atomic E-state index is -0.972. The van der Waals surface area contributed by atoms with Gasteiger partial charge in [-0.25, -0.2) is 0 Å². The van der Waals surface area contributed by atoms with Crippen molar-refractivity contribution in [3.05, 3.63) is 87.9 Å². The van der Waals surface area contributed by atoms with Crippen LogP contribution in [-0.4, -0.2) is 115 Å². The minimum Gasteiger partial charge on any atom is -0.488 e. The summed E-state index contributed by atoms with van der Waals surface area (Å²) >= 11 is 6.22. The Balaban J connectivity index is 0.793. The van der Waals surface area contributed by atoms with Crippen molar-refractivity contribution < 1.29 is 28.7 Å². The lowest BCUT2D eigenvalue weighted by molar-refractivity contribution is -0.136. The average Bonchev–Trinajstić information content (AvgIpc) is 3.64. The zero-order valence-electron chi connectivity index (χ0n) is 32.2. The molecular formula is C43H46ClN7O6. The Morgan fingerprint density at radius 3 is 2.23 bits per heavy atom. The van der Waals surface area contributed by atoms with Gasteiger partial charge in [0, 0.05) is 87.2 Å². The summed E-state index contributed by atoms with van der Waals surface area (Å²) in [5, 5.41) is 11.8. The molecule has 2 atom stereocenters. The Labute approximate surface area is 337 Å². The first-order valence-electron chi connectivity index (χ1n) is 19.7. The number of likely N-dealkylation sites (tertiary alicyclic amines) is 1.